The summed E-state index contributed by atoms with van der Waals surface area (Å²) in [7, 11) is 0. The van der Waals surface area contributed by atoms with Gasteiger partial charge in [0.15, 0.2) is 11.5 Å². The van der Waals surface area contributed by atoms with Crippen LogP contribution >= 0.6 is 11.8 Å². The van der Waals surface area contributed by atoms with Crippen LogP contribution in [0.3, 0.4) is 0 Å². The summed E-state index contributed by atoms with van der Waals surface area (Å²) in [5, 5.41) is 12.2. The molecule has 1 atom stereocenters. The van der Waals surface area contributed by atoms with Gasteiger partial charge in [0.2, 0.25) is 5.75 Å². The van der Waals surface area contributed by atoms with Gasteiger partial charge in [-0.3, -0.25) is 4.79 Å². The molecule has 0 aromatic heterocycles. The van der Waals surface area contributed by atoms with Gasteiger partial charge in [-0.2, -0.15) is 11.8 Å². The van der Waals surface area contributed by atoms with Gasteiger partial charge in [-0.15, -0.1) is 0 Å². The Balaban J connectivity index is 3.23. The van der Waals surface area contributed by atoms with E-state index in [-0.39, 0.29) is 0 Å². The Bertz CT molecular complexity index is 709. The van der Waals surface area contributed by atoms with E-state index in [4.69, 9.17) is 14.2 Å². The Morgan fingerprint density at radius 2 is 1.34 bits per heavy atom. The molecule has 8 heteroatoms. The number of hydrogen-bond acceptors (Lipinski definition) is 6. The monoisotopic (exact) mass is 511 g/mol. The molecule has 0 spiro atoms. The van der Waals surface area contributed by atoms with Gasteiger partial charge in [0.25, 0.3) is 5.91 Å². The number of thioether (sulfide) groups is 1. The smallest absolute Gasteiger partial charge is 0.326 e. The molecule has 0 radical (unpaired) electrons. The maximum Gasteiger partial charge on any atom is 0.326 e. The maximum atomic E-state index is 13.1. The SMILES string of the molecule is CCCCCOc1cc(C(=O)N[C@@H](CCSC)C(=O)O)cc(OCCCCC)c1OCCCCC. The van der Waals surface area contributed by atoms with Crippen LogP contribution in [-0.4, -0.2) is 54.9 Å². The summed E-state index contributed by atoms with van der Waals surface area (Å²) in [6, 6.07) is 2.33. The number of ether oxygens (including phenoxy) is 3. The predicted molar refractivity (Wildman–Crippen MR) is 143 cm³/mol. The van der Waals surface area contributed by atoms with Crippen molar-refractivity contribution < 1.29 is 28.9 Å². The van der Waals surface area contributed by atoms with Gasteiger partial charge >= 0.3 is 5.97 Å². The van der Waals surface area contributed by atoms with E-state index in [1.807, 2.05) is 6.26 Å². The van der Waals surface area contributed by atoms with Gasteiger partial charge in [-0.05, 0) is 49.8 Å². The minimum absolute atomic E-state index is 0.303. The molecule has 1 aromatic carbocycles. The highest BCUT2D eigenvalue weighted by molar-refractivity contribution is 7.98. The fourth-order valence-corrected chi connectivity index (χ4v) is 3.87. The normalized spacial score (nSPS) is 11.7. The molecule has 0 aliphatic carbocycles. The Hall–Kier alpha value is -2.09. The van der Waals surface area contributed by atoms with Crippen molar-refractivity contribution in [1.82, 2.24) is 5.32 Å². The van der Waals surface area contributed by atoms with Crippen molar-refractivity contribution in [2.75, 3.05) is 31.8 Å². The standard InChI is InChI=1S/C27H45NO6S/c1-5-8-11-15-32-23-19-21(26(29)28-22(27(30)31)14-18-35-4)20-24(33-16-12-9-6-2)25(23)34-17-13-10-7-3/h19-20,22H,5-18H2,1-4H3,(H,28,29)(H,30,31)/t22-/m0/s1. The van der Waals surface area contributed by atoms with Crippen molar-refractivity contribution in [2.24, 2.45) is 0 Å². The van der Waals surface area contributed by atoms with Gasteiger partial charge < -0.3 is 24.6 Å². The minimum Gasteiger partial charge on any atom is -0.490 e. The van der Waals surface area contributed by atoms with E-state index in [9.17, 15) is 14.7 Å². The average molecular weight is 512 g/mol. The van der Waals surface area contributed by atoms with Crippen molar-refractivity contribution >= 4 is 23.6 Å². The first kappa shape index (κ1) is 30.9. The highest BCUT2D eigenvalue weighted by Crippen LogP contribution is 2.39. The number of hydrogen-bond donors (Lipinski definition) is 2. The summed E-state index contributed by atoms with van der Waals surface area (Å²) in [4.78, 5) is 24.7. The zero-order valence-electron chi connectivity index (χ0n) is 22.0. The number of carboxylic acid groups (broad SMARTS) is 1. The minimum atomic E-state index is -1.05. The molecule has 0 aliphatic rings. The number of unbranched alkanes of at least 4 members (excludes halogenated alkanes) is 6. The van der Waals surface area contributed by atoms with E-state index >= 15 is 0 Å². The summed E-state index contributed by atoms with van der Waals surface area (Å²) < 4.78 is 18.2. The van der Waals surface area contributed by atoms with E-state index in [0.29, 0.717) is 54.8 Å². The highest BCUT2D eigenvalue weighted by atomic mass is 32.2. The van der Waals surface area contributed by atoms with Crippen LogP contribution in [0.25, 0.3) is 0 Å². The second kappa shape index (κ2) is 19.1. The molecule has 0 bridgehead atoms. The van der Waals surface area contributed by atoms with Gasteiger partial charge in [-0.1, -0.05) is 59.3 Å². The van der Waals surface area contributed by atoms with Crippen LogP contribution in [0.4, 0.5) is 0 Å². The number of carboxylic acids is 1. The van der Waals surface area contributed by atoms with Crippen molar-refractivity contribution in [3.63, 3.8) is 0 Å². The third-order valence-corrected chi connectivity index (χ3v) is 6.15. The Morgan fingerprint density at radius 1 is 0.857 bits per heavy atom. The molecule has 200 valence electrons. The lowest BCUT2D eigenvalue weighted by Gasteiger charge is -2.20. The second-order valence-corrected chi connectivity index (χ2v) is 9.60. The Morgan fingerprint density at radius 3 is 1.77 bits per heavy atom. The van der Waals surface area contributed by atoms with Gasteiger partial charge in [0, 0.05) is 5.56 Å². The van der Waals surface area contributed by atoms with Crippen LogP contribution in [-0.2, 0) is 4.79 Å². The molecule has 0 saturated carbocycles. The largest absolute Gasteiger partial charge is 0.490 e. The van der Waals surface area contributed by atoms with E-state index in [0.717, 1.165) is 57.8 Å². The van der Waals surface area contributed by atoms with E-state index in [1.165, 1.54) is 0 Å². The highest BCUT2D eigenvalue weighted by Gasteiger charge is 2.23. The predicted octanol–water partition coefficient (Wildman–Crippen LogP) is 6.33. The topological polar surface area (TPSA) is 94.1 Å². The van der Waals surface area contributed by atoms with Crippen LogP contribution in [0.2, 0.25) is 0 Å². The Kier molecular flexibility index (Phi) is 16.9. The first-order valence-corrected chi connectivity index (χ1v) is 14.5. The number of benzene rings is 1. The number of aliphatic carboxylic acids is 1. The fraction of sp³-hybridized carbons (Fsp3) is 0.704. The van der Waals surface area contributed by atoms with Gasteiger partial charge in [0.1, 0.15) is 6.04 Å². The lowest BCUT2D eigenvalue weighted by Crippen LogP contribution is -2.41. The third kappa shape index (κ3) is 12.4. The first-order valence-electron chi connectivity index (χ1n) is 13.1. The van der Waals surface area contributed by atoms with Crippen LogP contribution in [0.5, 0.6) is 17.2 Å². The molecule has 2 N–H and O–H groups in total. The van der Waals surface area contributed by atoms with Gasteiger partial charge in [0.05, 0.1) is 19.8 Å². The average Bonchev–Trinajstić information content (AvgIpc) is 2.85. The van der Waals surface area contributed by atoms with Crippen molar-refractivity contribution in [1.29, 1.82) is 0 Å². The lowest BCUT2D eigenvalue weighted by atomic mass is 10.1. The van der Waals surface area contributed by atoms with Crippen molar-refractivity contribution in [3.8, 4) is 17.2 Å². The molecule has 0 saturated heterocycles. The molecule has 0 fully saturated rings. The lowest BCUT2D eigenvalue weighted by molar-refractivity contribution is -0.139. The number of carbonyl (C=O) groups excluding carboxylic acids is 1. The summed E-state index contributed by atoms with van der Waals surface area (Å²) >= 11 is 1.54. The maximum absolute atomic E-state index is 13.1. The van der Waals surface area contributed by atoms with Crippen LogP contribution in [0, 0.1) is 0 Å². The molecule has 1 amide bonds. The molecule has 0 unspecified atom stereocenters. The number of rotatable bonds is 21. The zero-order valence-corrected chi connectivity index (χ0v) is 22.8. The van der Waals surface area contributed by atoms with E-state index in [1.54, 1.807) is 23.9 Å². The fourth-order valence-electron chi connectivity index (χ4n) is 3.39. The van der Waals surface area contributed by atoms with Crippen molar-refractivity contribution in [2.45, 2.75) is 91.0 Å². The molecular weight excluding hydrogens is 466 g/mol. The summed E-state index contributed by atoms with van der Waals surface area (Å²) in [5.41, 5.74) is 0.303. The van der Waals surface area contributed by atoms with Gasteiger partial charge in [-0.25, -0.2) is 4.79 Å². The number of nitrogens with one attached hydrogen (secondary N) is 1. The van der Waals surface area contributed by atoms with Crippen molar-refractivity contribution in [3.05, 3.63) is 17.7 Å². The summed E-state index contributed by atoms with van der Waals surface area (Å²) in [5.74, 6) is 0.573. The van der Waals surface area contributed by atoms with E-state index < -0.39 is 17.9 Å². The molecule has 35 heavy (non-hydrogen) atoms. The second-order valence-electron chi connectivity index (χ2n) is 8.61. The summed E-state index contributed by atoms with van der Waals surface area (Å²) in [6.45, 7) is 7.94. The molecule has 1 aromatic rings. The Labute approximate surface area is 215 Å². The molecule has 7 nitrogen and oxygen atoms in total. The zero-order chi connectivity index (χ0) is 25.9. The quantitative estimate of drug-likeness (QED) is 0.186. The third-order valence-electron chi connectivity index (χ3n) is 5.50. The van der Waals surface area contributed by atoms with Crippen LogP contribution < -0.4 is 19.5 Å². The summed E-state index contributed by atoms with van der Waals surface area (Å²) in [6.07, 6.45) is 11.3. The molecule has 0 heterocycles. The molecular formula is C27H45NO6S. The molecule has 0 aliphatic heterocycles. The van der Waals surface area contributed by atoms with E-state index in [2.05, 4.69) is 26.1 Å². The molecule has 1 rings (SSSR count). The van der Waals surface area contributed by atoms with Crippen LogP contribution in [0.1, 0.15) is 95.3 Å². The number of amides is 1. The number of carbonyl (C=O) groups is 2. The van der Waals surface area contributed by atoms with Crippen LogP contribution in [0.15, 0.2) is 12.1 Å². The first-order chi connectivity index (χ1) is 17.0.